The Morgan fingerprint density at radius 2 is 2.00 bits per heavy atom. The minimum atomic E-state index is -0.133. The van der Waals surface area contributed by atoms with Crippen LogP contribution in [0.1, 0.15) is 30.6 Å². The molecule has 0 bridgehead atoms. The molecule has 1 saturated heterocycles. The first-order valence-electron chi connectivity index (χ1n) is 8.91. The second kappa shape index (κ2) is 9.86. The highest BCUT2D eigenvalue weighted by Gasteiger charge is 2.31. The van der Waals surface area contributed by atoms with Crippen LogP contribution in [0.3, 0.4) is 0 Å². The molecule has 0 unspecified atom stereocenters. The van der Waals surface area contributed by atoms with E-state index in [4.69, 9.17) is 12.2 Å². The normalized spacial score (nSPS) is 15.4. The number of para-hydroxylation sites is 2. The predicted molar refractivity (Wildman–Crippen MR) is 119 cm³/mol. The number of nitrogens with one attached hydrogen (secondary N) is 1. The van der Waals surface area contributed by atoms with Crippen LogP contribution in [0.25, 0.3) is 6.08 Å². The molecule has 8 heteroatoms. The molecule has 1 aromatic heterocycles. The van der Waals surface area contributed by atoms with Gasteiger partial charge < -0.3 is 10.4 Å². The molecule has 2 amide bonds. The number of phenols is 1. The fourth-order valence-corrected chi connectivity index (χ4v) is 4.75. The van der Waals surface area contributed by atoms with Crippen molar-refractivity contribution in [2.75, 3.05) is 11.9 Å². The zero-order valence-electron chi connectivity index (χ0n) is 15.1. The molecule has 28 heavy (non-hydrogen) atoms. The summed E-state index contributed by atoms with van der Waals surface area (Å²) in [5.41, 5.74) is 0.419. The number of amides is 2. The highest BCUT2D eigenvalue weighted by molar-refractivity contribution is 8.26. The van der Waals surface area contributed by atoms with Crippen LogP contribution in [-0.4, -0.2) is 32.7 Å². The van der Waals surface area contributed by atoms with Gasteiger partial charge in [-0.1, -0.05) is 48.6 Å². The lowest BCUT2D eigenvalue weighted by molar-refractivity contribution is -0.122. The Hall–Kier alpha value is -2.16. The third-order valence-electron chi connectivity index (χ3n) is 4.15. The maximum Gasteiger partial charge on any atom is 0.266 e. The number of rotatable bonds is 8. The average molecular weight is 433 g/mol. The lowest BCUT2D eigenvalue weighted by atomic mass is 10.1. The van der Waals surface area contributed by atoms with Gasteiger partial charge in [-0.3, -0.25) is 14.5 Å². The maximum atomic E-state index is 12.5. The molecule has 1 aliphatic heterocycles. The molecule has 146 valence electrons. The standard InChI is InChI=1S/C20H20N2O3S3/c23-16-9-4-3-8-15(16)21-18(24)10-2-1-5-11-22-19(25)17(28-20(22)26)13-14-7-6-12-27-14/h3-4,6-9,12-13,23H,1-2,5,10-11H2,(H,21,24)/b17-13+. The number of nitrogens with zero attached hydrogens (tertiary/aromatic N) is 1. The zero-order chi connectivity index (χ0) is 19.9. The molecule has 0 saturated carbocycles. The number of hydrogen-bond acceptors (Lipinski definition) is 6. The van der Waals surface area contributed by atoms with Crippen LogP contribution in [0.2, 0.25) is 0 Å². The fourth-order valence-electron chi connectivity index (χ4n) is 2.72. The first-order chi connectivity index (χ1) is 13.5. The van der Waals surface area contributed by atoms with Gasteiger partial charge in [-0.05, 0) is 42.5 Å². The SMILES string of the molecule is O=C(CCCCCN1C(=O)/C(=C\c2cccs2)SC1=S)Nc1ccccc1O. The summed E-state index contributed by atoms with van der Waals surface area (Å²) in [6, 6.07) is 10.6. The molecule has 0 aliphatic carbocycles. The van der Waals surface area contributed by atoms with Gasteiger partial charge in [0.15, 0.2) is 0 Å². The molecule has 2 N–H and O–H groups in total. The molecule has 0 spiro atoms. The van der Waals surface area contributed by atoms with E-state index in [1.807, 2.05) is 23.6 Å². The van der Waals surface area contributed by atoms with E-state index in [1.165, 1.54) is 17.8 Å². The van der Waals surface area contributed by atoms with Crippen LogP contribution in [0, 0.1) is 0 Å². The quantitative estimate of drug-likeness (QED) is 0.270. The lowest BCUT2D eigenvalue weighted by Crippen LogP contribution is -2.29. The molecule has 0 atom stereocenters. The Kier molecular flexibility index (Phi) is 7.24. The van der Waals surface area contributed by atoms with E-state index in [9.17, 15) is 14.7 Å². The maximum absolute atomic E-state index is 12.5. The highest BCUT2D eigenvalue weighted by atomic mass is 32.2. The summed E-state index contributed by atoms with van der Waals surface area (Å²) >= 11 is 8.26. The van der Waals surface area contributed by atoms with Crippen LogP contribution >= 0.6 is 35.3 Å². The van der Waals surface area contributed by atoms with E-state index in [0.29, 0.717) is 34.3 Å². The summed E-state index contributed by atoms with van der Waals surface area (Å²) < 4.78 is 0.588. The largest absolute Gasteiger partial charge is 0.506 e. The van der Waals surface area contributed by atoms with Crippen LogP contribution in [0.4, 0.5) is 5.69 Å². The highest BCUT2D eigenvalue weighted by Crippen LogP contribution is 2.33. The summed E-state index contributed by atoms with van der Waals surface area (Å²) in [5.74, 6) is -0.118. The third-order valence-corrected chi connectivity index (χ3v) is 6.35. The van der Waals surface area contributed by atoms with Crippen molar-refractivity contribution in [3.63, 3.8) is 0 Å². The van der Waals surface area contributed by atoms with Gasteiger partial charge in [0.25, 0.3) is 5.91 Å². The van der Waals surface area contributed by atoms with Gasteiger partial charge in [-0.2, -0.15) is 0 Å². The van der Waals surface area contributed by atoms with E-state index in [1.54, 1.807) is 34.4 Å². The lowest BCUT2D eigenvalue weighted by Gasteiger charge is -2.14. The van der Waals surface area contributed by atoms with Gasteiger partial charge in [0, 0.05) is 17.8 Å². The van der Waals surface area contributed by atoms with Gasteiger partial charge in [-0.15, -0.1) is 11.3 Å². The molecular weight excluding hydrogens is 412 g/mol. The number of aromatic hydroxyl groups is 1. The van der Waals surface area contributed by atoms with Gasteiger partial charge in [0.2, 0.25) is 5.91 Å². The molecule has 3 rings (SSSR count). The second-order valence-electron chi connectivity index (χ2n) is 6.22. The zero-order valence-corrected chi connectivity index (χ0v) is 17.5. The summed E-state index contributed by atoms with van der Waals surface area (Å²) in [5, 5.41) is 14.3. The Bertz CT molecular complexity index is 894. The van der Waals surface area contributed by atoms with Gasteiger partial charge >= 0.3 is 0 Å². The first-order valence-corrected chi connectivity index (χ1v) is 11.0. The molecular formula is C20H20N2O3S3. The van der Waals surface area contributed by atoms with Gasteiger partial charge in [0.05, 0.1) is 10.6 Å². The van der Waals surface area contributed by atoms with Crippen LogP contribution in [0.5, 0.6) is 5.75 Å². The molecule has 2 aromatic rings. The minimum absolute atomic E-state index is 0.0410. The molecule has 2 heterocycles. The topological polar surface area (TPSA) is 69.6 Å². The smallest absolute Gasteiger partial charge is 0.266 e. The molecule has 1 aromatic carbocycles. The van der Waals surface area contributed by atoms with E-state index < -0.39 is 0 Å². The molecule has 1 aliphatic rings. The predicted octanol–water partition coefficient (Wildman–Crippen LogP) is 4.85. The van der Waals surface area contributed by atoms with Crippen molar-refractivity contribution in [1.29, 1.82) is 0 Å². The van der Waals surface area contributed by atoms with Crippen molar-refractivity contribution in [1.82, 2.24) is 4.90 Å². The van der Waals surface area contributed by atoms with Crippen molar-refractivity contribution in [3.05, 3.63) is 51.6 Å². The van der Waals surface area contributed by atoms with E-state index in [2.05, 4.69) is 5.32 Å². The summed E-state index contributed by atoms with van der Waals surface area (Å²) in [6.07, 6.45) is 4.55. The summed E-state index contributed by atoms with van der Waals surface area (Å²) in [7, 11) is 0. The van der Waals surface area contributed by atoms with Crippen LogP contribution in [-0.2, 0) is 9.59 Å². The van der Waals surface area contributed by atoms with Crippen molar-refractivity contribution in [3.8, 4) is 5.75 Å². The fraction of sp³-hybridized carbons (Fsp3) is 0.250. The number of anilines is 1. The van der Waals surface area contributed by atoms with Crippen molar-refractivity contribution in [2.45, 2.75) is 25.7 Å². The second-order valence-corrected chi connectivity index (χ2v) is 8.88. The number of thioether (sulfide) groups is 1. The Balaban J connectivity index is 1.39. The minimum Gasteiger partial charge on any atom is -0.506 e. The van der Waals surface area contributed by atoms with Gasteiger partial charge in [0.1, 0.15) is 10.1 Å². The van der Waals surface area contributed by atoms with Crippen molar-refractivity contribution >= 4 is 63.2 Å². The van der Waals surface area contributed by atoms with E-state index in [-0.39, 0.29) is 17.6 Å². The van der Waals surface area contributed by atoms with E-state index >= 15 is 0 Å². The van der Waals surface area contributed by atoms with Crippen LogP contribution in [0.15, 0.2) is 46.7 Å². The Labute approximate surface area is 177 Å². The number of thiocarbonyl (C=S) groups is 1. The Morgan fingerprint density at radius 1 is 1.18 bits per heavy atom. The van der Waals surface area contributed by atoms with E-state index in [0.717, 1.165) is 17.7 Å². The number of carbonyl (C=O) groups excluding carboxylic acids is 2. The number of phenolic OH excluding ortho intramolecular Hbond substituents is 1. The number of carbonyl (C=O) groups is 2. The summed E-state index contributed by atoms with van der Waals surface area (Å²) in [4.78, 5) is 27.8. The molecule has 5 nitrogen and oxygen atoms in total. The number of benzene rings is 1. The Morgan fingerprint density at radius 3 is 2.75 bits per heavy atom. The first kappa shape index (κ1) is 20.6. The molecule has 1 fully saturated rings. The van der Waals surface area contributed by atoms with Gasteiger partial charge in [-0.25, -0.2) is 0 Å². The third kappa shape index (κ3) is 5.43. The van der Waals surface area contributed by atoms with Crippen LogP contribution < -0.4 is 5.32 Å². The average Bonchev–Trinajstić information content (AvgIpc) is 3.27. The number of unbranched alkanes of at least 4 members (excludes halogenated alkanes) is 2. The summed E-state index contributed by atoms with van der Waals surface area (Å²) in [6.45, 7) is 0.563. The van der Waals surface area contributed by atoms with Crippen molar-refractivity contribution < 1.29 is 14.7 Å². The monoisotopic (exact) mass is 432 g/mol. The molecule has 0 radical (unpaired) electrons. The number of hydrogen-bond donors (Lipinski definition) is 2. The number of thiophene rings is 1. The van der Waals surface area contributed by atoms with Crippen molar-refractivity contribution in [2.24, 2.45) is 0 Å².